The summed E-state index contributed by atoms with van der Waals surface area (Å²) < 4.78 is 0. The number of rotatable bonds is 4. The second-order valence-electron chi connectivity index (χ2n) is 4.18. The maximum Gasteiger partial charge on any atom is 0.259 e. The predicted octanol–water partition coefficient (Wildman–Crippen LogP) is 3.90. The highest BCUT2D eigenvalue weighted by Gasteiger charge is 2.19. The second kappa shape index (κ2) is 6.74. The van der Waals surface area contributed by atoms with Crippen LogP contribution in [0, 0.1) is 11.3 Å². The average Bonchev–Trinajstić information content (AvgIpc) is 2.49. The SMILES string of the molecule is N#CCCN(C(=O)c1ccccc1Cl)c1ccccc1. The van der Waals surface area contributed by atoms with Gasteiger partial charge in [0.05, 0.1) is 23.1 Å². The molecule has 2 aromatic rings. The molecule has 1 amide bonds. The Morgan fingerprint density at radius 2 is 1.75 bits per heavy atom. The third-order valence-electron chi connectivity index (χ3n) is 2.86. The number of carbonyl (C=O) groups is 1. The Morgan fingerprint density at radius 1 is 1.10 bits per heavy atom. The number of halogens is 1. The molecule has 0 heterocycles. The zero-order valence-electron chi connectivity index (χ0n) is 10.8. The lowest BCUT2D eigenvalue weighted by molar-refractivity contribution is 0.0987. The number of carbonyl (C=O) groups excluding carboxylic acids is 1. The summed E-state index contributed by atoms with van der Waals surface area (Å²) in [6.07, 6.45) is 0.269. The van der Waals surface area contributed by atoms with E-state index < -0.39 is 0 Å². The predicted molar refractivity (Wildman–Crippen MR) is 79.8 cm³/mol. The first-order valence-electron chi connectivity index (χ1n) is 6.22. The van der Waals surface area contributed by atoms with Crippen LogP contribution in [0.25, 0.3) is 0 Å². The first kappa shape index (κ1) is 14.1. The van der Waals surface area contributed by atoms with E-state index >= 15 is 0 Å². The van der Waals surface area contributed by atoms with Crippen molar-refractivity contribution in [1.29, 1.82) is 5.26 Å². The van der Waals surface area contributed by atoms with Crippen LogP contribution in [0.4, 0.5) is 5.69 Å². The molecule has 0 aliphatic heterocycles. The summed E-state index contributed by atoms with van der Waals surface area (Å²) in [5.41, 5.74) is 1.20. The summed E-state index contributed by atoms with van der Waals surface area (Å²) in [6, 6.07) is 18.3. The van der Waals surface area contributed by atoms with E-state index in [1.807, 2.05) is 30.3 Å². The molecule has 0 aromatic heterocycles. The first-order chi connectivity index (χ1) is 9.74. The van der Waals surface area contributed by atoms with Gasteiger partial charge in [0.1, 0.15) is 0 Å². The van der Waals surface area contributed by atoms with E-state index in [1.54, 1.807) is 29.2 Å². The largest absolute Gasteiger partial charge is 0.307 e. The number of amides is 1. The molecule has 4 heteroatoms. The van der Waals surface area contributed by atoms with Crippen molar-refractivity contribution in [1.82, 2.24) is 0 Å². The fourth-order valence-electron chi connectivity index (χ4n) is 1.90. The standard InChI is InChI=1S/C16H13ClN2O/c17-15-10-5-4-9-14(15)16(20)19(12-6-11-18)13-7-2-1-3-8-13/h1-5,7-10H,6,12H2. The molecule has 2 aromatic carbocycles. The highest BCUT2D eigenvalue weighted by molar-refractivity contribution is 6.34. The zero-order chi connectivity index (χ0) is 14.4. The van der Waals surface area contributed by atoms with Crippen molar-refractivity contribution in [3.63, 3.8) is 0 Å². The number of benzene rings is 2. The van der Waals surface area contributed by atoms with Gasteiger partial charge in [-0.05, 0) is 24.3 Å². The lowest BCUT2D eigenvalue weighted by atomic mass is 10.1. The molecular weight excluding hydrogens is 272 g/mol. The molecule has 3 nitrogen and oxygen atoms in total. The molecule has 0 aliphatic rings. The Morgan fingerprint density at radius 3 is 2.40 bits per heavy atom. The van der Waals surface area contributed by atoms with Gasteiger partial charge in [-0.15, -0.1) is 0 Å². The summed E-state index contributed by atoms with van der Waals surface area (Å²) in [7, 11) is 0. The summed E-state index contributed by atoms with van der Waals surface area (Å²) in [5.74, 6) is -0.197. The summed E-state index contributed by atoms with van der Waals surface area (Å²) in [4.78, 5) is 14.2. The zero-order valence-corrected chi connectivity index (χ0v) is 11.5. The summed E-state index contributed by atoms with van der Waals surface area (Å²) in [6.45, 7) is 0.338. The van der Waals surface area contributed by atoms with Gasteiger partial charge in [-0.2, -0.15) is 5.26 Å². The van der Waals surface area contributed by atoms with Crippen molar-refractivity contribution in [2.75, 3.05) is 11.4 Å². The fraction of sp³-hybridized carbons (Fsp3) is 0.125. The average molecular weight is 285 g/mol. The summed E-state index contributed by atoms with van der Waals surface area (Å²) in [5, 5.41) is 9.17. The van der Waals surface area contributed by atoms with Crippen molar-refractivity contribution in [2.45, 2.75) is 6.42 Å². The second-order valence-corrected chi connectivity index (χ2v) is 4.59. The van der Waals surface area contributed by atoms with Crippen LogP contribution in [0.3, 0.4) is 0 Å². The molecule has 0 atom stereocenters. The number of anilines is 1. The van der Waals surface area contributed by atoms with Crippen molar-refractivity contribution >= 4 is 23.2 Å². The number of hydrogen-bond donors (Lipinski definition) is 0. The lowest BCUT2D eigenvalue weighted by Gasteiger charge is -2.22. The van der Waals surface area contributed by atoms with Gasteiger partial charge in [-0.3, -0.25) is 4.79 Å². The Bertz CT molecular complexity index is 634. The lowest BCUT2D eigenvalue weighted by Crippen LogP contribution is -2.32. The van der Waals surface area contributed by atoms with Crippen molar-refractivity contribution in [3.05, 3.63) is 65.2 Å². The molecule has 0 spiro atoms. The Balaban J connectivity index is 2.35. The van der Waals surface area contributed by atoms with E-state index in [2.05, 4.69) is 6.07 Å². The van der Waals surface area contributed by atoms with E-state index in [1.165, 1.54) is 0 Å². The van der Waals surface area contributed by atoms with Crippen LogP contribution in [0.1, 0.15) is 16.8 Å². The van der Waals surface area contributed by atoms with Gasteiger partial charge < -0.3 is 4.90 Å². The van der Waals surface area contributed by atoms with Crippen molar-refractivity contribution in [2.24, 2.45) is 0 Å². The quantitative estimate of drug-likeness (QED) is 0.854. The Kier molecular flexibility index (Phi) is 4.75. The highest BCUT2D eigenvalue weighted by atomic mass is 35.5. The van der Waals surface area contributed by atoms with Gasteiger partial charge in [0, 0.05) is 12.2 Å². The van der Waals surface area contributed by atoms with Gasteiger partial charge in [0.15, 0.2) is 0 Å². The smallest absolute Gasteiger partial charge is 0.259 e. The molecular formula is C16H13ClN2O. The van der Waals surface area contributed by atoms with E-state index in [4.69, 9.17) is 16.9 Å². The number of para-hydroxylation sites is 1. The molecule has 0 unspecified atom stereocenters. The van der Waals surface area contributed by atoms with Gasteiger partial charge in [0.25, 0.3) is 5.91 Å². The molecule has 0 saturated heterocycles. The van der Waals surface area contributed by atoms with Gasteiger partial charge in [-0.25, -0.2) is 0 Å². The Hall–Kier alpha value is -2.31. The number of nitriles is 1. The third-order valence-corrected chi connectivity index (χ3v) is 3.19. The molecule has 0 bridgehead atoms. The van der Waals surface area contributed by atoms with Crippen LogP contribution in [0.2, 0.25) is 5.02 Å². The minimum Gasteiger partial charge on any atom is -0.307 e. The number of hydrogen-bond acceptors (Lipinski definition) is 2. The molecule has 0 saturated carbocycles. The monoisotopic (exact) mass is 284 g/mol. The normalized spacial score (nSPS) is 9.80. The van der Waals surface area contributed by atoms with Crippen LogP contribution in [-0.4, -0.2) is 12.5 Å². The molecule has 0 aliphatic carbocycles. The van der Waals surface area contributed by atoms with E-state index in [0.29, 0.717) is 17.1 Å². The minimum absolute atomic E-state index is 0.197. The van der Waals surface area contributed by atoms with E-state index in [9.17, 15) is 4.79 Å². The van der Waals surface area contributed by atoms with E-state index in [-0.39, 0.29) is 12.3 Å². The van der Waals surface area contributed by atoms with Crippen LogP contribution < -0.4 is 4.90 Å². The minimum atomic E-state index is -0.197. The van der Waals surface area contributed by atoms with Crippen LogP contribution in [-0.2, 0) is 0 Å². The molecule has 0 N–H and O–H groups in total. The van der Waals surface area contributed by atoms with Crippen LogP contribution >= 0.6 is 11.6 Å². The topological polar surface area (TPSA) is 44.1 Å². The first-order valence-corrected chi connectivity index (χ1v) is 6.60. The highest BCUT2D eigenvalue weighted by Crippen LogP contribution is 2.21. The molecule has 0 radical (unpaired) electrons. The molecule has 100 valence electrons. The Labute approximate surface area is 123 Å². The fourth-order valence-corrected chi connectivity index (χ4v) is 2.11. The summed E-state index contributed by atoms with van der Waals surface area (Å²) >= 11 is 6.07. The van der Waals surface area contributed by atoms with Gasteiger partial charge >= 0.3 is 0 Å². The third kappa shape index (κ3) is 3.17. The molecule has 2 rings (SSSR count). The van der Waals surface area contributed by atoms with E-state index in [0.717, 1.165) is 5.69 Å². The maximum atomic E-state index is 12.6. The van der Waals surface area contributed by atoms with Crippen molar-refractivity contribution in [3.8, 4) is 6.07 Å². The van der Waals surface area contributed by atoms with Gasteiger partial charge in [0.2, 0.25) is 0 Å². The molecule has 20 heavy (non-hydrogen) atoms. The molecule has 0 fully saturated rings. The maximum absolute atomic E-state index is 12.6. The van der Waals surface area contributed by atoms with Crippen LogP contribution in [0.5, 0.6) is 0 Å². The van der Waals surface area contributed by atoms with Crippen molar-refractivity contribution < 1.29 is 4.79 Å². The number of nitrogens with zero attached hydrogens (tertiary/aromatic N) is 2. The van der Waals surface area contributed by atoms with Crippen LogP contribution in [0.15, 0.2) is 54.6 Å². The van der Waals surface area contributed by atoms with Gasteiger partial charge in [-0.1, -0.05) is 41.9 Å².